The number of hydrogen-bond acceptors (Lipinski definition) is 3. The van der Waals surface area contributed by atoms with E-state index in [-0.39, 0.29) is 24.5 Å². The molecule has 1 aromatic rings. The van der Waals surface area contributed by atoms with Crippen LogP contribution in [0.4, 0.5) is 0 Å². The average Bonchev–Trinajstić information content (AvgIpc) is 2.86. The summed E-state index contributed by atoms with van der Waals surface area (Å²) >= 11 is 0. The highest BCUT2D eigenvalue weighted by Gasteiger charge is 2.27. The van der Waals surface area contributed by atoms with E-state index in [0.717, 1.165) is 30.6 Å². The van der Waals surface area contributed by atoms with Crippen molar-refractivity contribution in [3.63, 3.8) is 0 Å². The fourth-order valence-electron chi connectivity index (χ4n) is 2.73. The molecular weight excluding hydrogens is 242 g/mol. The van der Waals surface area contributed by atoms with Gasteiger partial charge in [-0.05, 0) is 18.9 Å². The Bertz CT molecular complexity index is 433. The Kier molecular flexibility index (Phi) is 4.80. The van der Waals surface area contributed by atoms with E-state index < -0.39 is 0 Å². The Morgan fingerprint density at radius 1 is 1.42 bits per heavy atom. The summed E-state index contributed by atoms with van der Waals surface area (Å²) in [6.45, 7) is 0.152. The summed E-state index contributed by atoms with van der Waals surface area (Å²) in [6, 6.07) is 7.66. The molecular formula is C15H21NO3. The van der Waals surface area contributed by atoms with Crippen molar-refractivity contribution in [1.82, 2.24) is 5.32 Å². The first-order valence-corrected chi connectivity index (χ1v) is 6.76. The predicted molar refractivity (Wildman–Crippen MR) is 73.1 cm³/mol. The van der Waals surface area contributed by atoms with Gasteiger partial charge in [-0.3, -0.25) is 4.79 Å². The Morgan fingerprint density at radius 2 is 2.21 bits per heavy atom. The summed E-state index contributed by atoms with van der Waals surface area (Å²) in [5.41, 5.74) is 0.890. The second-order valence-corrected chi connectivity index (χ2v) is 5.04. The lowest BCUT2D eigenvalue weighted by Gasteiger charge is -2.19. The zero-order chi connectivity index (χ0) is 13.7. The van der Waals surface area contributed by atoms with Crippen molar-refractivity contribution in [1.29, 1.82) is 0 Å². The lowest BCUT2D eigenvalue weighted by atomic mass is 10.0. The Labute approximate surface area is 113 Å². The molecule has 0 aromatic heterocycles. The van der Waals surface area contributed by atoms with Crippen LogP contribution in [0.5, 0.6) is 5.75 Å². The number of para-hydroxylation sites is 1. The van der Waals surface area contributed by atoms with Gasteiger partial charge >= 0.3 is 0 Å². The molecule has 2 N–H and O–H groups in total. The fourth-order valence-corrected chi connectivity index (χ4v) is 2.73. The molecule has 2 rings (SSSR count). The van der Waals surface area contributed by atoms with Crippen molar-refractivity contribution >= 4 is 5.91 Å². The standard InChI is InChI=1S/C15H21NO3/c1-19-14-8-3-2-5-11(14)9-15(18)16-13-7-4-6-12(13)10-17/h2-3,5,8,12-13,17H,4,6-7,9-10H2,1H3,(H,16,18). The molecule has 1 aliphatic carbocycles. The number of nitrogens with one attached hydrogen (secondary N) is 1. The average molecular weight is 263 g/mol. The molecule has 1 aromatic carbocycles. The molecule has 1 fully saturated rings. The largest absolute Gasteiger partial charge is 0.496 e. The quantitative estimate of drug-likeness (QED) is 0.846. The third-order valence-electron chi connectivity index (χ3n) is 3.78. The molecule has 4 nitrogen and oxygen atoms in total. The van der Waals surface area contributed by atoms with Crippen molar-refractivity contribution in [3.05, 3.63) is 29.8 Å². The van der Waals surface area contributed by atoms with Crippen LogP contribution in [-0.2, 0) is 11.2 Å². The van der Waals surface area contributed by atoms with Gasteiger partial charge in [0.1, 0.15) is 5.75 Å². The first-order chi connectivity index (χ1) is 9.24. The number of methoxy groups -OCH3 is 1. The van der Waals surface area contributed by atoms with Gasteiger partial charge in [0.2, 0.25) is 5.91 Å². The lowest BCUT2D eigenvalue weighted by Crippen LogP contribution is -2.39. The van der Waals surface area contributed by atoms with Gasteiger partial charge in [0.25, 0.3) is 0 Å². The number of ether oxygens (including phenoxy) is 1. The van der Waals surface area contributed by atoms with E-state index in [1.54, 1.807) is 7.11 Å². The van der Waals surface area contributed by atoms with Crippen LogP contribution < -0.4 is 10.1 Å². The minimum absolute atomic E-state index is 0.00477. The lowest BCUT2D eigenvalue weighted by molar-refractivity contribution is -0.121. The summed E-state index contributed by atoms with van der Waals surface area (Å²) in [7, 11) is 1.61. The highest BCUT2D eigenvalue weighted by molar-refractivity contribution is 5.79. The fraction of sp³-hybridized carbons (Fsp3) is 0.533. The topological polar surface area (TPSA) is 58.6 Å². The summed E-state index contributed by atoms with van der Waals surface area (Å²) < 4.78 is 5.24. The van der Waals surface area contributed by atoms with Gasteiger partial charge in [0.05, 0.1) is 13.5 Å². The third-order valence-corrected chi connectivity index (χ3v) is 3.78. The maximum atomic E-state index is 12.0. The zero-order valence-electron chi connectivity index (χ0n) is 11.3. The minimum atomic E-state index is -0.00477. The van der Waals surface area contributed by atoms with E-state index in [4.69, 9.17) is 4.74 Å². The van der Waals surface area contributed by atoms with Crippen molar-refractivity contribution in [2.75, 3.05) is 13.7 Å². The molecule has 0 bridgehead atoms. The van der Waals surface area contributed by atoms with Gasteiger partial charge in [-0.15, -0.1) is 0 Å². The number of aliphatic hydroxyl groups is 1. The number of amides is 1. The molecule has 104 valence electrons. The first-order valence-electron chi connectivity index (χ1n) is 6.76. The van der Waals surface area contributed by atoms with Crippen molar-refractivity contribution in [2.45, 2.75) is 31.7 Å². The van der Waals surface area contributed by atoms with Crippen molar-refractivity contribution in [3.8, 4) is 5.75 Å². The van der Waals surface area contributed by atoms with Crippen LogP contribution >= 0.6 is 0 Å². The number of carbonyl (C=O) groups excluding carboxylic acids is 1. The summed E-state index contributed by atoms with van der Waals surface area (Å²) in [4.78, 5) is 12.0. The highest BCUT2D eigenvalue weighted by atomic mass is 16.5. The zero-order valence-corrected chi connectivity index (χ0v) is 11.3. The molecule has 0 saturated heterocycles. The monoisotopic (exact) mass is 263 g/mol. The second kappa shape index (κ2) is 6.57. The normalized spacial score (nSPS) is 22.2. The summed E-state index contributed by atoms with van der Waals surface area (Å²) in [5, 5.41) is 12.3. The molecule has 1 saturated carbocycles. The number of hydrogen-bond donors (Lipinski definition) is 2. The molecule has 4 heteroatoms. The second-order valence-electron chi connectivity index (χ2n) is 5.04. The third kappa shape index (κ3) is 3.47. The van der Waals surface area contributed by atoms with Crippen LogP contribution in [-0.4, -0.2) is 30.8 Å². The SMILES string of the molecule is COc1ccccc1CC(=O)NC1CCCC1CO. The van der Waals surface area contributed by atoms with Gasteiger partial charge in [0, 0.05) is 24.1 Å². The van der Waals surface area contributed by atoms with Crippen LogP contribution in [0.15, 0.2) is 24.3 Å². The molecule has 0 heterocycles. The molecule has 0 aliphatic heterocycles. The Hall–Kier alpha value is -1.55. The number of carbonyl (C=O) groups is 1. The van der Waals surface area contributed by atoms with E-state index in [2.05, 4.69) is 5.32 Å². The predicted octanol–water partition coefficient (Wildman–Crippen LogP) is 1.51. The van der Waals surface area contributed by atoms with Crippen molar-refractivity contribution in [2.24, 2.45) is 5.92 Å². The van der Waals surface area contributed by atoms with E-state index in [0.29, 0.717) is 6.42 Å². The molecule has 1 aliphatic rings. The highest BCUT2D eigenvalue weighted by Crippen LogP contribution is 2.25. The maximum Gasteiger partial charge on any atom is 0.224 e. The molecule has 2 unspecified atom stereocenters. The minimum Gasteiger partial charge on any atom is -0.496 e. The Morgan fingerprint density at radius 3 is 2.95 bits per heavy atom. The number of benzene rings is 1. The van der Waals surface area contributed by atoms with E-state index in [1.807, 2.05) is 24.3 Å². The van der Waals surface area contributed by atoms with E-state index in [9.17, 15) is 9.90 Å². The number of aliphatic hydroxyl groups excluding tert-OH is 1. The summed E-state index contributed by atoms with van der Waals surface area (Å²) in [5.74, 6) is 0.944. The van der Waals surface area contributed by atoms with Gasteiger partial charge in [-0.1, -0.05) is 24.6 Å². The van der Waals surface area contributed by atoms with Gasteiger partial charge < -0.3 is 15.2 Å². The molecule has 2 atom stereocenters. The first kappa shape index (κ1) is 13.9. The van der Waals surface area contributed by atoms with Crippen LogP contribution in [0.3, 0.4) is 0 Å². The summed E-state index contributed by atoms with van der Waals surface area (Å²) in [6.07, 6.45) is 3.35. The van der Waals surface area contributed by atoms with Gasteiger partial charge in [-0.25, -0.2) is 0 Å². The van der Waals surface area contributed by atoms with Crippen LogP contribution in [0.2, 0.25) is 0 Å². The van der Waals surface area contributed by atoms with Crippen LogP contribution in [0.25, 0.3) is 0 Å². The van der Waals surface area contributed by atoms with Crippen molar-refractivity contribution < 1.29 is 14.6 Å². The molecule has 0 radical (unpaired) electrons. The number of rotatable bonds is 5. The maximum absolute atomic E-state index is 12.0. The van der Waals surface area contributed by atoms with Crippen LogP contribution in [0.1, 0.15) is 24.8 Å². The van der Waals surface area contributed by atoms with E-state index in [1.165, 1.54) is 0 Å². The molecule has 0 spiro atoms. The Balaban J connectivity index is 1.94. The van der Waals surface area contributed by atoms with Crippen LogP contribution in [0, 0.1) is 5.92 Å². The molecule has 19 heavy (non-hydrogen) atoms. The van der Waals surface area contributed by atoms with Gasteiger partial charge in [0.15, 0.2) is 0 Å². The van der Waals surface area contributed by atoms with E-state index >= 15 is 0 Å². The molecule has 1 amide bonds. The van der Waals surface area contributed by atoms with Gasteiger partial charge in [-0.2, -0.15) is 0 Å². The smallest absolute Gasteiger partial charge is 0.224 e.